The molecule has 140 valence electrons. The Labute approximate surface area is 151 Å². The summed E-state index contributed by atoms with van der Waals surface area (Å²) in [6.45, 7) is 1.58. The molecule has 0 bridgehead atoms. The van der Waals surface area contributed by atoms with Crippen LogP contribution < -0.4 is 10.1 Å². The first-order chi connectivity index (χ1) is 12.7. The Balaban J connectivity index is 1.76. The number of halogens is 4. The Kier molecular flexibility index (Phi) is 4.85. The summed E-state index contributed by atoms with van der Waals surface area (Å²) in [4.78, 5) is 12.3. The molecule has 0 radical (unpaired) electrons. The number of amides is 1. The van der Waals surface area contributed by atoms with Crippen molar-refractivity contribution < 1.29 is 27.1 Å². The highest BCUT2D eigenvalue weighted by molar-refractivity contribution is 5.90. The Morgan fingerprint density at radius 1 is 1.11 bits per heavy atom. The summed E-state index contributed by atoms with van der Waals surface area (Å²) in [5.41, 5.74) is -0.0987. The van der Waals surface area contributed by atoms with Crippen LogP contribution in [0.1, 0.15) is 11.3 Å². The second-order valence-electron chi connectivity index (χ2n) is 5.60. The van der Waals surface area contributed by atoms with Crippen molar-refractivity contribution in [3.63, 3.8) is 0 Å². The Hall–Kier alpha value is -3.36. The smallest absolute Gasteiger partial charge is 0.416 e. The number of aromatic nitrogens is 2. The third-order valence-corrected chi connectivity index (χ3v) is 3.54. The molecule has 3 rings (SSSR count). The number of hydrogen-bond acceptors (Lipinski definition) is 3. The number of benzene rings is 2. The molecule has 2 aromatic carbocycles. The number of nitrogens with one attached hydrogen (secondary N) is 1. The molecule has 1 aromatic heterocycles. The van der Waals surface area contributed by atoms with Crippen molar-refractivity contribution in [2.24, 2.45) is 0 Å². The summed E-state index contributed by atoms with van der Waals surface area (Å²) in [5, 5.41) is 6.46. The first-order valence-electron chi connectivity index (χ1n) is 7.71. The maximum absolute atomic E-state index is 12.9. The van der Waals surface area contributed by atoms with E-state index in [1.165, 1.54) is 42.5 Å². The molecule has 0 aliphatic carbocycles. The number of ether oxygens (including phenoxy) is 1. The summed E-state index contributed by atoms with van der Waals surface area (Å²) in [5.74, 6) is -0.547. The van der Waals surface area contributed by atoms with Crippen LogP contribution in [0, 0.1) is 12.7 Å². The average molecular weight is 379 g/mol. The highest BCUT2D eigenvalue weighted by Gasteiger charge is 2.30. The highest BCUT2D eigenvalue weighted by atomic mass is 19.4. The predicted octanol–water partition coefficient (Wildman–Crippen LogP) is 5.22. The summed E-state index contributed by atoms with van der Waals surface area (Å²) in [7, 11) is 0. The molecule has 9 heteroatoms. The van der Waals surface area contributed by atoms with E-state index in [0.29, 0.717) is 11.4 Å². The fourth-order valence-electron chi connectivity index (χ4n) is 2.27. The third kappa shape index (κ3) is 4.43. The quantitative estimate of drug-likeness (QED) is 0.635. The van der Waals surface area contributed by atoms with Crippen LogP contribution in [0.5, 0.6) is 11.6 Å². The van der Waals surface area contributed by atoms with E-state index in [0.717, 1.165) is 16.8 Å². The molecule has 0 unspecified atom stereocenters. The van der Waals surface area contributed by atoms with Gasteiger partial charge in [-0.1, -0.05) is 6.07 Å². The largest absolute Gasteiger partial charge is 0.438 e. The summed E-state index contributed by atoms with van der Waals surface area (Å²) >= 11 is 0. The molecule has 0 aliphatic rings. The van der Waals surface area contributed by atoms with Gasteiger partial charge in [0, 0.05) is 11.8 Å². The van der Waals surface area contributed by atoms with Crippen LogP contribution >= 0.6 is 0 Å². The number of nitrogens with zero attached hydrogens (tertiary/aromatic N) is 2. The van der Waals surface area contributed by atoms with Gasteiger partial charge in [0.25, 0.3) is 0 Å². The van der Waals surface area contributed by atoms with Crippen LogP contribution in [-0.4, -0.2) is 15.8 Å². The number of carbonyl (C=O) groups is 1. The lowest BCUT2D eigenvalue weighted by molar-refractivity contribution is -0.137. The van der Waals surface area contributed by atoms with E-state index in [1.807, 2.05) is 0 Å². The van der Waals surface area contributed by atoms with Crippen molar-refractivity contribution in [3.05, 3.63) is 71.7 Å². The van der Waals surface area contributed by atoms with E-state index in [4.69, 9.17) is 4.74 Å². The van der Waals surface area contributed by atoms with Crippen LogP contribution in [0.2, 0.25) is 0 Å². The fraction of sp³-hybridized carbons (Fsp3) is 0.111. The van der Waals surface area contributed by atoms with E-state index >= 15 is 0 Å². The molecule has 0 fully saturated rings. The van der Waals surface area contributed by atoms with Crippen molar-refractivity contribution in [2.45, 2.75) is 13.1 Å². The number of hydrogen-bond donors (Lipinski definition) is 1. The van der Waals surface area contributed by atoms with Crippen LogP contribution in [-0.2, 0) is 6.18 Å². The molecule has 0 aliphatic heterocycles. The molecule has 0 saturated heterocycles. The van der Waals surface area contributed by atoms with Gasteiger partial charge in [0.1, 0.15) is 11.6 Å². The number of rotatable bonds is 3. The van der Waals surface area contributed by atoms with Crippen molar-refractivity contribution in [3.8, 4) is 11.6 Å². The van der Waals surface area contributed by atoms with Gasteiger partial charge in [-0.2, -0.15) is 17.9 Å². The zero-order valence-electron chi connectivity index (χ0n) is 13.9. The van der Waals surface area contributed by atoms with Gasteiger partial charge in [0.05, 0.1) is 11.3 Å². The van der Waals surface area contributed by atoms with Gasteiger partial charge >= 0.3 is 12.2 Å². The number of aryl methyl sites for hydroxylation is 1. The van der Waals surface area contributed by atoms with Crippen LogP contribution in [0.3, 0.4) is 0 Å². The fourth-order valence-corrected chi connectivity index (χ4v) is 2.27. The van der Waals surface area contributed by atoms with Crippen molar-refractivity contribution in [2.75, 3.05) is 5.32 Å². The molecular formula is C18H13F4N3O2. The van der Waals surface area contributed by atoms with Crippen molar-refractivity contribution >= 4 is 11.7 Å². The first-order valence-corrected chi connectivity index (χ1v) is 7.71. The summed E-state index contributed by atoms with van der Waals surface area (Å²) < 4.78 is 57.5. The Bertz CT molecular complexity index is 965. The minimum absolute atomic E-state index is 0.0407. The SMILES string of the molecule is Cc1cc(Oc2cccc(C(F)(F)F)c2)nn1C(=O)Nc1ccc(F)cc1. The van der Waals surface area contributed by atoms with Gasteiger partial charge in [-0.05, 0) is 49.4 Å². The monoisotopic (exact) mass is 379 g/mol. The van der Waals surface area contributed by atoms with Gasteiger partial charge in [-0.15, -0.1) is 5.10 Å². The standard InChI is InChI=1S/C18H13F4N3O2/c1-11-9-16(27-15-4-2-3-12(10-15)18(20,21)22)24-25(11)17(26)23-14-7-5-13(19)6-8-14/h2-10H,1H3,(H,23,26). The van der Waals surface area contributed by atoms with Gasteiger partial charge < -0.3 is 10.1 Å². The van der Waals surface area contributed by atoms with E-state index in [1.54, 1.807) is 6.92 Å². The van der Waals surface area contributed by atoms with E-state index < -0.39 is 23.6 Å². The van der Waals surface area contributed by atoms with E-state index in [9.17, 15) is 22.4 Å². The lowest BCUT2D eigenvalue weighted by Gasteiger charge is -2.08. The second kappa shape index (κ2) is 7.10. The average Bonchev–Trinajstić information content (AvgIpc) is 2.97. The molecule has 0 atom stereocenters. The summed E-state index contributed by atoms with van der Waals surface area (Å²) in [6.07, 6.45) is -4.50. The van der Waals surface area contributed by atoms with Crippen molar-refractivity contribution in [1.29, 1.82) is 0 Å². The van der Waals surface area contributed by atoms with Crippen molar-refractivity contribution in [1.82, 2.24) is 9.78 Å². The molecule has 3 aromatic rings. The molecular weight excluding hydrogens is 366 g/mol. The van der Waals surface area contributed by atoms with Crippen LogP contribution in [0.15, 0.2) is 54.6 Å². The molecule has 0 saturated carbocycles. The lowest BCUT2D eigenvalue weighted by Crippen LogP contribution is -2.21. The maximum Gasteiger partial charge on any atom is 0.416 e. The molecule has 0 spiro atoms. The first kappa shape index (κ1) is 18.4. The topological polar surface area (TPSA) is 56.2 Å². The Morgan fingerprint density at radius 3 is 2.48 bits per heavy atom. The van der Waals surface area contributed by atoms with E-state index in [-0.39, 0.29) is 11.6 Å². The number of alkyl halides is 3. The van der Waals surface area contributed by atoms with Crippen LogP contribution in [0.25, 0.3) is 0 Å². The highest BCUT2D eigenvalue weighted by Crippen LogP contribution is 2.32. The normalized spacial score (nSPS) is 11.3. The summed E-state index contributed by atoms with van der Waals surface area (Å²) in [6, 6.07) is 10.2. The second-order valence-corrected chi connectivity index (χ2v) is 5.60. The molecule has 1 heterocycles. The molecule has 5 nitrogen and oxygen atoms in total. The molecule has 1 amide bonds. The van der Waals surface area contributed by atoms with Gasteiger partial charge in [-0.3, -0.25) is 0 Å². The zero-order chi connectivity index (χ0) is 19.6. The van der Waals surface area contributed by atoms with Gasteiger partial charge in [0.15, 0.2) is 0 Å². The Morgan fingerprint density at radius 2 is 1.81 bits per heavy atom. The molecule has 27 heavy (non-hydrogen) atoms. The van der Waals surface area contributed by atoms with Gasteiger partial charge in [-0.25, -0.2) is 9.18 Å². The lowest BCUT2D eigenvalue weighted by atomic mass is 10.2. The minimum atomic E-state index is -4.50. The van der Waals surface area contributed by atoms with Gasteiger partial charge in [0.2, 0.25) is 5.88 Å². The maximum atomic E-state index is 12.9. The number of anilines is 1. The van der Waals surface area contributed by atoms with E-state index in [2.05, 4.69) is 10.4 Å². The zero-order valence-corrected chi connectivity index (χ0v) is 13.9. The predicted molar refractivity (Wildman–Crippen MR) is 89.3 cm³/mol. The minimum Gasteiger partial charge on any atom is -0.438 e. The van der Waals surface area contributed by atoms with Crippen LogP contribution in [0.4, 0.5) is 28.0 Å². The third-order valence-electron chi connectivity index (χ3n) is 3.54. The molecule has 1 N–H and O–H groups in total. The number of carbonyl (C=O) groups excluding carboxylic acids is 1.